The molecule has 1 aliphatic heterocycles. The maximum Gasteiger partial charge on any atom is 0.323 e. The van der Waals surface area contributed by atoms with E-state index in [2.05, 4.69) is 35.7 Å². The van der Waals surface area contributed by atoms with Gasteiger partial charge in [0.25, 0.3) is 0 Å². The summed E-state index contributed by atoms with van der Waals surface area (Å²) in [6, 6.07) is 6.05. The lowest BCUT2D eigenvalue weighted by Gasteiger charge is -2.21. The van der Waals surface area contributed by atoms with Crippen molar-refractivity contribution in [3.05, 3.63) is 41.7 Å². The zero-order valence-electron chi connectivity index (χ0n) is 12.6. The molecule has 0 saturated carbocycles. The van der Waals surface area contributed by atoms with Crippen molar-refractivity contribution in [3.63, 3.8) is 0 Å². The molecule has 0 spiro atoms. The number of carbonyl (C=O) groups excluding carboxylic acids is 1. The average Bonchev–Trinajstić information content (AvgIpc) is 3.16. The first-order valence-corrected chi connectivity index (χ1v) is 7.70. The molecular weight excluding hydrogens is 264 g/mol. The van der Waals surface area contributed by atoms with Crippen LogP contribution in [0.15, 0.2) is 30.6 Å². The van der Waals surface area contributed by atoms with Gasteiger partial charge in [-0.2, -0.15) is 0 Å². The molecule has 2 aromatic rings. The van der Waals surface area contributed by atoms with Crippen molar-refractivity contribution in [2.45, 2.75) is 45.3 Å². The van der Waals surface area contributed by atoms with Crippen molar-refractivity contribution in [1.82, 2.24) is 9.72 Å². The van der Waals surface area contributed by atoms with Gasteiger partial charge in [0.15, 0.2) is 0 Å². The second-order valence-electron chi connectivity index (χ2n) is 5.68. The number of pyridine rings is 1. The lowest BCUT2D eigenvalue weighted by atomic mass is 10.0. The maximum absolute atomic E-state index is 12.2. The van der Waals surface area contributed by atoms with Gasteiger partial charge in [-0.25, -0.2) is 0 Å². The van der Waals surface area contributed by atoms with Crippen molar-refractivity contribution in [3.8, 4) is 0 Å². The zero-order chi connectivity index (χ0) is 14.8. The molecule has 0 aliphatic carbocycles. The van der Waals surface area contributed by atoms with E-state index in [1.54, 1.807) is 0 Å². The summed E-state index contributed by atoms with van der Waals surface area (Å²) in [6.07, 6.45) is 6.61. The fraction of sp³-hybridized carbons (Fsp3) is 0.471. The predicted molar refractivity (Wildman–Crippen MR) is 82.3 cm³/mol. The lowest BCUT2D eigenvalue weighted by molar-refractivity contribution is -0.151. The Hall–Kier alpha value is -1.81. The van der Waals surface area contributed by atoms with Crippen LogP contribution in [0.3, 0.4) is 0 Å². The molecule has 1 N–H and O–H groups in total. The van der Waals surface area contributed by atoms with E-state index in [1.165, 1.54) is 11.1 Å². The minimum Gasteiger partial charge on any atom is -0.456 e. The summed E-state index contributed by atoms with van der Waals surface area (Å²) in [4.78, 5) is 12.2. The molecule has 3 rings (SSSR count). The molecular formula is C17H22N2O2. The second kappa shape index (κ2) is 5.90. The summed E-state index contributed by atoms with van der Waals surface area (Å²) in [6.45, 7) is 5.06. The highest BCUT2D eigenvalue weighted by atomic mass is 16.5. The van der Waals surface area contributed by atoms with Gasteiger partial charge in [-0.05, 0) is 62.1 Å². The van der Waals surface area contributed by atoms with Crippen LogP contribution in [0.5, 0.6) is 0 Å². The summed E-state index contributed by atoms with van der Waals surface area (Å²) < 4.78 is 7.85. The van der Waals surface area contributed by atoms with Gasteiger partial charge in [-0.3, -0.25) is 4.79 Å². The molecule has 2 atom stereocenters. The highest BCUT2D eigenvalue weighted by Gasteiger charge is 2.27. The Morgan fingerprint density at radius 3 is 3.05 bits per heavy atom. The molecule has 0 bridgehead atoms. The van der Waals surface area contributed by atoms with Crippen LogP contribution in [0, 0.1) is 6.92 Å². The molecule has 4 nitrogen and oxygen atoms in total. The number of fused-ring (bicyclic) bond motifs is 1. The van der Waals surface area contributed by atoms with Crippen LogP contribution in [0.1, 0.15) is 43.4 Å². The summed E-state index contributed by atoms with van der Waals surface area (Å²) in [5, 5.41) is 3.20. The second-order valence-corrected chi connectivity index (χ2v) is 5.68. The topological polar surface area (TPSA) is 42.7 Å². The molecule has 1 fully saturated rings. The normalized spacial score (nSPS) is 19.8. The Kier molecular flexibility index (Phi) is 3.97. The first kappa shape index (κ1) is 14.1. The van der Waals surface area contributed by atoms with E-state index in [1.807, 2.05) is 18.5 Å². The van der Waals surface area contributed by atoms with Crippen LogP contribution >= 0.6 is 0 Å². The van der Waals surface area contributed by atoms with Crippen molar-refractivity contribution in [1.29, 1.82) is 0 Å². The van der Waals surface area contributed by atoms with Crippen molar-refractivity contribution >= 4 is 11.5 Å². The van der Waals surface area contributed by atoms with Crippen LogP contribution < -0.4 is 5.32 Å². The number of hydrogen-bond acceptors (Lipinski definition) is 3. The minimum atomic E-state index is -0.167. The van der Waals surface area contributed by atoms with E-state index in [-0.39, 0.29) is 18.1 Å². The van der Waals surface area contributed by atoms with Gasteiger partial charge < -0.3 is 14.5 Å². The molecule has 4 heteroatoms. The maximum atomic E-state index is 12.2. The summed E-state index contributed by atoms with van der Waals surface area (Å²) in [7, 11) is 0. The number of rotatable bonds is 4. The van der Waals surface area contributed by atoms with E-state index >= 15 is 0 Å². The van der Waals surface area contributed by atoms with Crippen molar-refractivity contribution in [2.24, 2.45) is 0 Å². The van der Waals surface area contributed by atoms with Crippen LogP contribution in [-0.4, -0.2) is 23.0 Å². The molecule has 0 unspecified atom stereocenters. The molecule has 0 radical (unpaired) electrons. The molecule has 3 heterocycles. The number of nitrogens with zero attached hydrogens (tertiary/aromatic N) is 1. The van der Waals surface area contributed by atoms with Crippen LogP contribution in [0.4, 0.5) is 0 Å². The Morgan fingerprint density at radius 1 is 1.48 bits per heavy atom. The zero-order valence-corrected chi connectivity index (χ0v) is 12.6. The van der Waals surface area contributed by atoms with Gasteiger partial charge in [0.2, 0.25) is 0 Å². The largest absolute Gasteiger partial charge is 0.456 e. The third-order valence-corrected chi connectivity index (χ3v) is 4.33. The molecule has 0 aromatic carbocycles. The van der Waals surface area contributed by atoms with Crippen molar-refractivity contribution < 1.29 is 9.53 Å². The van der Waals surface area contributed by atoms with E-state index in [0.29, 0.717) is 0 Å². The van der Waals surface area contributed by atoms with Crippen molar-refractivity contribution in [2.75, 3.05) is 6.54 Å². The molecule has 112 valence electrons. The van der Waals surface area contributed by atoms with Gasteiger partial charge in [-0.15, -0.1) is 0 Å². The van der Waals surface area contributed by atoms with E-state index in [4.69, 9.17) is 4.74 Å². The van der Waals surface area contributed by atoms with Gasteiger partial charge >= 0.3 is 5.97 Å². The monoisotopic (exact) mass is 286 g/mol. The SMILES string of the molecule is CC[C@@H](OC(=O)[C@H]1CCCN1)c1ccn2cccc2c1C. The summed E-state index contributed by atoms with van der Waals surface area (Å²) >= 11 is 0. The number of carbonyl (C=O) groups is 1. The number of hydrogen-bond donors (Lipinski definition) is 1. The number of aromatic nitrogens is 1. The average molecular weight is 286 g/mol. The number of aryl methyl sites for hydroxylation is 1. The standard InChI is InChI=1S/C17H22N2O2/c1-3-16(21-17(20)14-6-4-9-18-14)13-8-11-19-10-5-7-15(19)12(13)2/h5,7-8,10-11,14,16,18H,3-4,6,9H2,1-2H3/t14-,16-/m1/s1. The highest BCUT2D eigenvalue weighted by molar-refractivity contribution is 5.76. The Balaban J connectivity index is 1.83. The summed E-state index contributed by atoms with van der Waals surface area (Å²) in [5.41, 5.74) is 3.46. The molecule has 0 amide bonds. The van der Waals surface area contributed by atoms with Crippen LogP contribution in [0.2, 0.25) is 0 Å². The first-order valence-electron chi connectivity index (χ1n) is 7.70. The van der Waals surface area contributed by atoms with Gasteiger partial charge in [0.05, 0.1) is 0 Å². The smallest absolute Gasteiger partial charge is 0.323 e. The fourth-order valence-electron chi connectivity index (χ4n) is 3.10. The Morgan fingerprint density at radius 2 is 2.33 bits per heavy atom. The van der Waals surface area contributed by atoms with E-state index in [0.717, 1.165) is 31.4 Å². The van der Waals surface area contributed by atoms with E-state index < -0.39 is 0 Å². The number of nitrogens with one attached hydrogen (secondary N) is 1. The molecule has 2 aromatic heterocycles. The Labute approximate surface area is 125 Å². The van der Waals surface area contributed by atoms with Crippen LogP contribution in [-0.2, 0) is 9.53 Å². The Bertz CT molecular complexity index is 641. The molecule has 1 saturated heterocycles. The quantitative estimate of drug-likeness (QED) is 0.879. The predicted octanol–water partition coefficient (Wildman–Crippen LogP) is 2.99. The third-order valence-electron chi connectivity index (χ3n) is 4.33. The number of esters is 1. The van der Waals surface area contributed by atoms with Gasteiger partial charge in [0, 0.05) is 17.9 Å². The lowest BCUT2D eigenvalue weighted by Crippen LogP contribution is -2.33. The highest BCUT2D eigenvalue weighted by Crippen LogP contribution is 2.28. The van der Waals surface area contributed by atoms with Crippen LogP contribution in [0.25, 0.3) is 5.52 Å². The van der Waals surface area contributed by atoms with Gasteiger partial charge in [-0.1, -0.05) is 6.92 Å². The fourth-order valence-corrected chi connectivity index (χ4v) is 3.10. The third kappa shape index (κ3) is 2.68. The summed E-state index contributed by atoms with van der Waals surface area (Å²) in [5.74, 6) is -0.117. The van der Waals surface area contributed by atoms with Gasteiger partial charge in [0.1, 0.15) is 12.1 Å². The first-order chi connectivity index (χ1) is 10.2. The minimum absolute atomic E-state index is 0.117. The molecule has 1 aliphatic rings. The number of ether oxygens (including phenoxy) is 1. The van der Waals surface area contributed by atoms with E-state index in [9.17, 15) is 4.79 Å². The molecule has 21 heavy (non-hydrogen) atoms.